The SMILES string of the molecule is CCCCCCCCCCCCCCCCCCCC(=O)O[C@H](COC(=O)CCCCCCCCCCCCCCCC(C)C)COP(=O)(O)OC[C@@H](O)COP(=O)(O)OC[C@@H](COC(=O)CCCCCCCCCCCCCCC)OC(=O)CCCCCCCCCCCCC(C)CC. The predicted molar refractivity (Wildman–Crippen MR) is 409 cm³/mol. The van der Waals surface area contributed by atoms with E-state index in [1.165, 1.54) is 244 Å². The fraction of sp³-hybridized carbons (Fsp3) is 0.951. The summed E-state index contributed by atoms with van der Waals surface area (Å²) in [5.41, 5.74) is 0. The molecule has 0 heterocycles. The Hall–Kier alpha value is -1.94. The molecule has 0 aliphatic rings. The number of hydrogen-bond donors (Lipinski definition) is 3. The van der Waals surface area contributed by atoms with Crippen LogP contribution in [0.1, 0.15) is 427 Å². The van der Waals surface area contributed by atoms with Gasteiger partial charge in [-0.05, 0) is 37.5 Å². The normalized spacial score (nSPS) is 14.2. The van der Waals surface area contributed by atoms with Crippen LogP contribution in [0.5, 0.6) is 0 Å². The number of rotatable bonds is 80. The molecule has 3 N–H and O–H groups in total. The second kappa shape index (κ2) is 72.6. The number of phosphoric acid groups is 2. The highest BCUT2D eigenvalue weighted by Crippen LogP contribution is 2.45. The molecule has 0 fully saturated rings. The Bertz CT molecular complexity index is 1930. The van der Waals surface area contributed by atoms with Gasteiger partial charge in [-0.2, -0.15) is 0 Å². The summed E-state index contributed by atoms with van der Waals surface area (Å²) < 4.78 is 68.8. The van der Waals surface area contributed by atoms with Crippen LogP contribution < -0.4 is 0 Å². The van der Waals surface area contributed by atoms with Gasteiger partial charge in [0.15, 0.2) is 12.2 Å². The second-order valence-electron chi connectivity index (χ2n) is 29.9. The monoisotopic (exact) mass is 1470 g/mol. The van der Waals surface area contributed by atoms with Gasteiger partial charge in [-0.25, -0.2) is 9.13 Å². The molecule has 0 aliphatic carbocycles. The molecule has 100 heavy (non-hydrogen) atoms. The Labute approximate surface area is 613 Å². The van der Waals surface area contributed by atoms with Crippen molar-refractivity contribution in [1.29, 1.82) is 0 Å². The maximum absolute atomic E-state index is 13.1. The van der Waals surface area contributed by atoms with Gasteiger partial charge in [0.05, 0.1) is 26.4 Å². The molecule has 17 nitrogen and oxygen atoms in total. The fourth-order valence-electron chi connectivity index (χ4n) is 12.5. The van der Waals surface area contributed by atoms with Crippen LogP contribution in [0.2, 0.25) is 0 Å². The molecule has 0 aliphatic heterocycles. The van der Waals surface area contributed by atoms with E-state index in [2.05, 4.69) is 41.5 Å². The van der Waals surface area contributed by atoms with Crippen LogP contribution in [-0.4, -0.2) is 96.7 Å². The third-order valence-corrected chi connectivity index (χ3v) is 21.2. The van der Waals surface area contributed by atoms with Crippen molar-refractivity contribution < 1.29 is 80.2 Å². The number of carbonyl (C=O) groups excluding carboxylic acids is 4. The molecule has 0 saturated heterocycles. The molecule has 0 aromatic rings. The molecule has 0 spiro atoms. The molecule has 0 aromatic carbocycles. The van der Waals surface area contributed by atoms with E-state index < -0.39 is 97.5 Å². The molecular formula is C81H158O17P2. The van der Waals surface area contributed by atoms with Gasteiger partial charge in [0.1, 0.15) is 19.3 Å². The molecule has 0 aromatic heterocycles. The van der Waals surface area contributed by atoms with Gasteiger partial charge in [-0.1, -0.05) is 375 Å². The van der Waals surface area contributed by atoms with Crippen LogP contribution in [-0.2, 0) is 65.4 Å². The Morgan fingerprint density at radius 1 is 0.290 bits per heavy atom. The highest BCUT2D eigenvalue weighted by Gasteiger charge is 2.30. The Kier molecular flexibility index (Phi) is 71.2. The maximum Gasteiger partial charge on any atom is 0.472 e. The van der Waals surface area contributed by atoms with Gasteiger partial charge in [-0.15, -0.1) is 0 Å². The number of unbranched alkanes of at least 4 members (excludes halogenated alkanes) is 49. The smallest absolute Gasteiger partial charge is 0.462 e. The average Bonchev–Trinajstić information content (AvgIpc) is 0.923. The van der Waals surface area contributed by atoms with Crippen LogP contribution in [0.25, 0.3) is 0 Å². The summed E-state index contributed by atoms with van der Waals surface area (Å²) in [7, 11) is -9.92. The minimum Gasteiger partial charge on any atom is -0.462 e. The molecule has 594 valence electrons. The van der Waals surface area contributed by atoms with Crippen molar-refractivity contribution >= 4 is 39.5 Å². The first-order valence-electron chi connectivity index (χ1n) is 42.0. The van der Waals surface area contributed by atoms with Gasteiger partial charge < -0.3 is 33.8 Å². The number of esters is 4. The van der Waals surface area contributed by atoms with Crippen molar-refractivity contribution in [2.45, 2.75) is 445 Å². The topological polar surface area (TPSA) is 237 Å². The van der Waals surface area contributed by atoms with Crippen molar-refractivity contribution in [3.63, 3.8) is 0 Å². The van der Waals surface area contributed by atoms with Crippen LogP contribution in [0, 0.1) is 11.8 Å². The standard InChI is InChI=1S/C81H158O17P2/c1-7-10-12-14-16-18-20-22-23-24-25-29-34-41-47-53-59-65-80(85)97-76(69-92-79(84)64-58-52-46-40-33-30-26-28-31-37-43-49-55-61-73(4)5)71-95-99(87,88)93-67-75(82)68-94-100(89,90)96-72-77(70-91-78(83)63-57-51-45-39-32-27-21-19-17-15-13-11-8-2)98-81(86)66-60-54-48-42-36-35-38-44-50-56-62-74(6)9-3/h73-77,82H,7-72H2,1-6H3,(H,87,88)(H,89,90)/t74?,75-,76-,77-/m1/s1. The highest BCUT2D eigenvalue weighted by atomic mass is 31.2. The predicted octanol–water partition coefficient (Wildman–Crippen LogP) is 24.3. The Morgan fingerprint density at radius 3 is 0.760 bits per heavy atom. The molecule has 0 saturated carbocycles. The molecule has 0 amide bonds. The minimum atomic E-state index is -4.96. The van der Waals surface area contributed by atoms with Crippen LogP contribution in [0.15, 0.2) is 0 Å². The summed E-state index contributed by atoms with van der Waals surface area (Å²) in [5, 5.41) is 10.7. The lowest BCUT2D eigenvalue weighted by Gasteiger charge is -2.21. The lowest BCUT2D eigenvalue weighted by molar-refractivity contribution is -0.161. The number of hydrogen-bond acceptors (Lipinski definition) is 15. The van der Waals surface area contributed by atoms with E-state index in [1.807, 2.05) is 0 Å². The number of carbonyl (C=O) groups is 4. The van der Waals surface area contributed by atoms with Crippen LogP contribution in [0.3, 0.4) is 0 Å². The molecule has 19 heteroatoms. The highest BCUT2D eigenvalue weighted by molar-refractivity contribution is 7.47. The summed E-state index contributed by atoms with van der Waals surface area (Å²) >= 11 is 0. The molecule has 0 rings (SSSR count). The molecule has 0 bridgehead atoms. The first-order valence-corrected chi connectivity index (χ1v) is 45.0. The lowest BCUT2D eigenvalue weighted by atomic mass is 9.99. The Morgan fingerprint density at radius 2 is 0.510 bits per heavy atom. The number of aliphatic hydroxyl groups is 1. The van der Waals surface area contributed by atoms with Crippen molar-refractivity contribution in [2.75, 3.05) is 39.6 Å². The minimum absolute atomic E-state index is 0.107. The van der Waals surface area contributed by atoms with Crippen LogP contribution in [0.4, 0.5) is 0 Å². The number of aliphatic hydroxyl groups excluding tert-OH is 1. The quantitative estimate of drug-likeness (QED) is 0.0222. The van der Waals surface area contributed by atoms with E-state index in [1.54, 1.807) is 0 Å². The van der Waals surface area contributed by atoms with Gasteiger partial charge in [0.2, 0.25) is 0 Å². The van der Waals surface area contributed by atoms with E-state index in [9.17, 15) is 43.2 Å². The summed E-state index contributed by atoms with van der Waals surface area (Å²) in [5.74, 6) is -0.512. The van der Waals surface area contributed by atoms with Crippen molar-refractivity contribution in [1.82, 2.24) is 0 Å². The van der Waals surface area contributed by atoms with Crippen molar-refractivity contribution in [3.8, 4) is 0 Å². The third-order valence-electron chi connectivity index (χ3n) is 19.3. The van der Waals surface area contributed by atoms with E-state index in [4.69, 9.17) is 37.0 Å². The lowest BCUT2D eigenvalue weighted by Crippen LogP contribution is -2.30. The van der Waals surface area contributed by atoms with Gasteiger partial charge in [0.25, 0.3) is 0 Å². The zero-order valence-corrected chi connectivity index (χ0v) is 67.3. The first kappa shape index (κ1) is 98.1. The van der Waals surface area contributed by atoms with Crippen molar-refractivity contribution in [3.05, 3.63) is 0 Å². The zero-order valence-electron chi connectivity index (χ0n) is 65.5. The summed E-state index contributed by atoms with van der Waals surface area (Å²) in [6.07, 6.45) is 62.2. The van der Waals surface area contributed by atoms with Gasteiger partial charge >= 0.3 is 39.5 Å². The van der Waals surface area contributed by atoms with Gasteiger partial charge in [0, 0.05) is 25.7 Å². The summed E-state index contributed by atoms with van der Waals surface area (Å²) in [6, 6.07) is 0. The van der Waals surface area contributed by atoms with Crippen LogP contribution >= 0.6 is 15.6 Å². The van der Waals surface area contributed by atoms with E-state index in [0.717, 1.165) is 102 Å². The maximum atomic E-state index is 13.1. The van der Waals surface area contributed by atoms with E-state index >= 15 is 0 Å². The third kappa shape index (κ3) is 73.0. The first-order chi connectivity index (χ1) is 48.4. The molecule has 6 atom stereocenters. The summed E-state index contributed by atoms with van der Waals surface area (Å²) in [4.78, 5) is 73.1. The number of phosphoric ester groups is 2. The van der Waals surface area contributed by atoms with E-state index in [0.29, 0.717) is 25.7 Å². The molecule has 0 radical (unpaired) electrons. The number of ether oxygens (including phenoxy) is 4. The fourth-order valence-corrected chi connectivity index (χ4v) is 14.1. The average molecular weight is 1470 g/mol. The zero-order chi connectivity index (χ0) is 73.5. The summed E-state index contributed by atoms with van der Waals surface area (Å²) in [6.45, 7) is 9.69. The molecular weight excluding hydrogens is 1310 g/mol. The largest absolute Gasteiger partial charge is 0.472 e. The van der Waals surface area contributed by atoms with E-state index in [-0.39, 0.29) is 25.7 Å². The van der Waals surface area contributed by atoms with Crippen molar-refractivity contribution in [2.24, 2.45) is 11.8 Å². The Balaban J connectivity index is 5.27. The second-order valence-corrected chi connectivity index (χ2v) is 32.8. The molecule has 3 unspecified atom stereocenters. The van der Waals surface area contributed by atoms with Gasteiger partial charge in [-0.3, -0.25) is 37.3 Å².